The number of aromatic nitrogens is 2. The number of nitrogens with two attached hydrogens (primary N) is 1. The van der Waals surface area contributed by atoms with Crippen molar-refractivity contribution in [2.24, 2.45) is 11.7 Å². The molecule has 4 unspecified atom stereocenters. The monoisotopic (exact) mass is 264 g/mol. The maximum atomic E-state index is 12.2. The summed E-state index contributed by atoms with van der Waals surface area (Å²) in [5.74, 6) is 0.194. The number of hydrogen-bond donors (Lipinski definition) is 2. The summed E-state index contributed by atoms with van der Waals surface area (Å²) in [7, 11) is 0. The van der Waals surface area contributed by atoms with Gasteiger partial charge in [-0.1, -0.05) is 20.3 Å². The minimum atomic E-state index is -0.408. The Morgan fingerprint density at radius 2 is 2.37 bits per heavy atom. The first-order valence-corrected chi connectivity index (χ1v) is 7.17. The summed E-state index contributed by atoms with van der Waals surface area (Å²) in [4.78, 5) is 16.2. The minimum Gasteiger partial charge on any atom is -0.350 e. The lowest BCUT2D eigenvalue weighted by atomic mass is 9.99. The second kappa shape index (κ2) is 6.19. The van der Waals surface area contributed by atoms with Crippen LogP contribution < -0.4 is 11.1 Å². The van der Waals surface area contributed by atoms with Crippen molar-refractivity contribution in [3.63, 3.8) is 0 Å². The van der Waals surface area contributed by atoms with Gasteiger partial charge in [-0.2, -0.15) is 0 Å². The fraction of sp³-hybridized carbons (Fsp3) is 0.714. The van der Waals surface area contributed by atoms with Gasteiger partial charge in [0.05, 0.1) is 18.4 Å². The molecular weight excluding hydrogens is 240 g/mol. The molecule has 1 aliphatic carbocycles. The van der Waals surface area contributed by atoms with Crippen LogP contribution in [0.1, 0.15) is 45.6 Å². The lowest BCUT2D eigenvalue weighted by Crippen LogP contribution is -2.49. The van der Waals surface area contributed by atoms with E-state index >= 15 is 0 Å². The van der Waals surface area contributed by atoms with E-state index in [0.29, 0.717) is 6.04 Å². The molecule has 1 amide bonds. The summed E-state index contributed by atoms with van der Waals surface area (Å²) >= 11 is 0. The smallest absolute Gasteiger partial charge is 0.237 e. The van der Waals surface area contributed by atoms with Gasteiger partial charge in [0, 0.05) is 18.4 Å². The lowest BCUT2D eigenvalue weighted by molar-refractivity contribution is -0.124. The average Bonchev–Trinajstić information content (AvgIpc) is 3.06. The summed E-state index contributed by atoms with van der Waals surface area (Å²) in [6, 6.07) is 0.0847. The molecular formula is C14H24N4O. The van der Waals surface area contributed by atoms with E-state index in [1.54, 1.807) is 6.20 Å². The van der Waals surface area contributed by atoms with Crippen LogP contribution in [0, 0.1) is 5.92 Å². The third-order valence-electron chi connectivity index (χ3n) is 4.27. The molecule has 1 aromatic heterocycles. The summed E-state index contributed by atoms with van der Waals surface area (Å²) in [6.07, 6.45) is 9.72. The molecule has 0 saturated heterocycles. The van der Waals surface area contributed by atoms with Crippen molar-refractivity contribution < 1.29 is 4.79 Å². The molecule has 5 nitrogen and oxygen atoms in total. The van der Waals surface area contributed by atoms with Crippen LogP contribution in [0.25, 0.3) is 0 Å². The van der Waals surface area contributed by atoms with Gasteiger partial charge >= 0.3 is 0 Å². The van der Waals surface area contributed by atoms with Crippen molar-refractivity contribution in [1.82, 2.24) is 14.9 Å². The zero-order chi connectivity index (χ0) is 13.8. The molecule has 3 N–H and O–H groups in total. The van der Waals surface area contributed by atoms with Crippen LogP contribution in [-0.4, -0.2) is 27.5 Å². The highest BCUT2D eigenvalue weighted by molar-refractivity contribution is 5.82. The Kier molecular flexibility index (Phi) is 4.58. The second-order valence-corrected chi connectivity index (χ2v) is 5.53. The van der Waals surface area contributed by atoms with Crippen LogP contribution in [0.2, 0.25) is 0 Å². The number of carbonyl (C=O) groups is 1. The molecule has 0 radical (unpaired) electrons. The van der Waals surface area contributed by atoms with Crippen molar-refractivity contribution >= 4 is 5.91 Å². The molecule has 5 heteroatoms. The van der Waals surface area contributed by atoms with Gasteiger partial charge in [0.15, 0.2) is 0 Å². The molecule has 106 valence electrons. The van der Waals surface area contributed by atoms with E-state index in [9.17, 15) is 4.79 Å². The van der Waals surface area contributed by atoms with Gasteiger partial charge < -0.3 is 15.6 Å². The third kappa shape index (κ3) is 3.15. The topological polar surface area (TPSA) is 72.9 Å². The standard InChI is InChI=1S/C14H24N4O/c1-3-10(2)13(15)14(19)17-11-5-4-6-12(11)18-8-7-16-9-18/h7-13H,3-6,15H2,1-2H3,(H,17,19). The highest BCUT2D eigenvalue weighted by Crippen LogP contribution is 2.30. The molecule has 1 saturated carbocycles. The van der Waals surface area contributed by atoms with Crippen molar-refractivity contribution in [3.05, 3.63) is 18.7 Å². The van der Waals surface area contributed by atoms with Gasteiger partial charge in [-0.15, -0.1) is 0 Å². The Labute approximate surface area is 114 Å². The Balaban J connectivity index is 1.96. The number of carbonyl (C=O) groups excluding carboxylic acids is 1. The zero-order valence-corrected chi connectivity index (χ0v) is 11.7. The molecule has 19 heavy (non-hydrogen) atoms. The van der Waals surface area contributed by atoms with Gasteiger partial charge in [-0.05, 0) is 25.2 Å². The van der Waals surface area contributed by atoms with Crippen molar-refractivity contribution in [2.75, 3.05) is 0 Å². The van der Waals surface area contributed by atoms with Crippen LogP contribution in [0.4, 0.5) is 0 Å². The van der Waals surface area contributed by atoms with Gasteiger partial charge in [-0.3, -0.25) is 4.79 Å². The number of imidazole rings is 1. The zero-order valence-electron chi connectivity index (χ0n) is 11.7. The molecule has 0 bridgehead atoms. The summed E-state index contributed by atoms with van der Waals surface area (Å²) in [6.45, 7) is 4.08. The van der Waals surface area contributed by atoms with Gasteiger partial charge in [0.1, 0.15) is 0 Å². The average molecular weight is 264 g/mol. The highest BCUT2D eigenvalue weighted by Gasteiger charge is 2.31. The van der Waals surface area contributed by atoms with Gasteiger partial charge in [0.2, 0.25) is 5.91 Å². The lowest BCUT2D eigenvalue weighted by Gasteiger charge is -2.25. The first-order chi connectivity index (χ1) is 9.13. The number of nitrogens with one attached hydrogen (secondary N) is 1. The molecule has 1 aromatic rings. The molecule has 0 aliphatic heterocycles. The van der Waals surface area contributed by atoms with E-state index in [1.807, 2.05) is 19.4 Å². The van der Waals surface area contributed by atoms with E-state index < -0.39 is 6.04 Å². The van der Waals surface area contributed by atoms with Crippen LogP contribution in [0.3, 0.4) is 0 Å². The second-order valence-electron chi connectivity index (χ2n) is 5.53. The molecule has 1 heterocycles. The van der Waals surface area contributed by atoms with E-state index in [1.165, 1.54) is 0 Å². The minimum absolute atomic E-state index is 0.0219. The van der Waals surface area contributed by atoms with Crippen LogP contribution >= 0.6 is 0 Å². The number of hydrogen-bond acceptors (Lipinski definition) is 3. The fourth-order valence-corrected chi connectivity index (χ4v) is 2.72. The molecule has 1 aliphatic rings. The SMILES string of the molecule is CCC(C)C(N)C(=O)NC1CCCC1n1ccnc1. The van der Waals surface area contributed by atoms with Crippen molar-refractivity contribution in [1.29, 1.82) is 0 Å². The third-order valence-corrected chi connectivity index (χ3v) is 4.27. The first-order valence-electron chi connectivity index (χ1n) is 7.17. The van der Waals surface area contributed by atoms with Gasteiger partial charge in [0.25, 0.3) is 0 Å². The molecule has 0 aromatic carbocycles. The maximum absolute atomic E-state index is 12.2. The Bertz CT molecular complexity index is 404. The number of amides is 1. The van der Waals surface area contributed by atoms with E-state index in [-0.39, 0.29) is 17.9 Å². The molecule has 1 fully saturated rings. The maximum Gasteiger partial charge on any atom is 0.237 e. The summed E-state index contributed by atoms with van der Waals surface area (Å²) < 4.78 is 2.09. The fourth-order valence-electron chi connectivity index (χ4n) is 2.72. The van der Waals surface area contributed by atoms with Crippen molar-refractivity contribution in [3.8, 4) is 0 Å². The molecule has 2 rings (SSSR count). The van der Waals surface area contributed by atoms with Crippen molar-refractivity contribution in [2.45, 2.75) is 57.7 Å². The normalized spacial score (nSPS) is 26.1. The van der Waals surface area contributed by atoms with E-state index in [2.05, 4.69) is 21.8 Å². The highest BCUT2D eigenvalue weighted by atomic mass is 16.2. The van der Waals surface area contributed by atoms with E-state index in [4.69, 9.17) is 5.73 Å². The molecule has 4 atom stereocenters. The predicted octanol–water partition coefficient (Wildman–Crippen LogP) is 1.47. The van der Waals surface area contributed by atoms with Crippen LogP contribution in [0.15, 0.2) is 18.7 Å². The Morgan fingerprint density at radius 3 is 3.00 bits per heavy atom. The quantitative estimate of drug-likeness (QED) is 0.845. The molecule has 0 spiro atoms. The summed E-state index contributed by atoms with van der Waals surface area (Å²) in [5.41, 5.74) is 5.98. The van der Waals surface area contributed by atoms with Gasteiger partial charge in [-0.25, -0.2) is 4.98 Å². The van der Waals surface area contributed by atoms with Crippen LogP contribution in [-0.2, 0) is 4.79 Å². The largest absolute Gasteiger partial charge is 0.350 e. The Morgan fingerprint density at radius 1 is 1.58 bits per heavy atom. The first kappa shape index (κ1) is 14.1. The number of rotatable bonds is 5. The Hall–Kier alpha value is -1.36. The van der Waals surface area contributed by atoms with E-state index in [0.717, 1.165) is 25.7 Å². The number of nitrogens with zero attached hydrogens (tertiary/aromatic N) is 2. The summed E-state index contributed by atoms with van der Waals surface area (Å²) in [5, 5.41) is 3.12. The predicted molar refractivity (Wildman–Crippen MR) is 74.5 cm³/mol. The van der Waals surface area contributed by atoms with Crippen LogP contribution in [0.5, 0.6) is 0 Å².